The molecule has 0 saturated heterocycles. The summed E-state index contributed by atoms with van der Waals surface area (Å²) in [5.41, 5.74) is 6.98. The lowest BCUT2D eigenvalue weighted by Gasteiger charge is -2.09. The first-order valence-corrected chi connectivity index (χ1v) is 6.21. The summed E-state index contributed by atoms with van der Waals surface area (Å²) in [5.74, 6) is -0.330. The molecule has 2 aromatic rings. The van der Waals surface area contributed by atoms with E-state index in [1.54, 1.807) is 24.3 Å². The van der Waals surface area contributed by atoms with Crippen LogP contribution in [0.15, 0.2) is 41.1 Å². The lowest BCUT2D eigenvalue weighted by atomic mass is 10.2. The van der Waals surface area contributed by atoms with E-state index in [9.17, 15) is 4.79 Å². The molecule has 0 aliphatic rings. The molecule has 4 nitrogen and oxygen atoms in total. The molecule has 0 bridgehead atoms. The van der Waals surface area contributed by atoms with E-state index in [-0.39, 0.29) is 5.91 Å². The second-order valence-electron chi connectivity index (χ2n) is 3.52. The Morgan fingerprint density at radius 3 is 2.89 bits per heavy atom. The second kappa shape index (κ2) is 5.37. The van der Waals surface area contributed by atoms with Gasteiger partial charge in [0.1, 0.15) is 0 Å². The van der Waals surface area contributed by atoms with E-state index in [1.807, 2.05) is 0 Å². The minimum Gasteiger partial charge on any atom is -0.398 e. The maximum atomic E-state index is 12.0. The predicted octanol–water partition coefficient (Wildman–Crippen LogP) is 3.33. The number of nitrogens with two attached hydrogens (primary N) is 1. The summed E-state index contributed by atoms with van der Waals surface area (Å²) >= 11 is 9.25. The Morgan fingerprint density at radius 1 is 1.39 bits per heavy atom. The van der Waals surface area contributed by atoms with Gasteiger partial charge in [0.15, 0.2) is 0 Å². The summed E-state index contributed by atoms with van der Waals surface area (Å²) in [4.78, 5) is 15.9. The Hall–Kier alpha value is -1.59. The summed E-state index contributed by atoms with van der Waals surface area (Å²) in [6, 6.07) is 6.78. The number of rotatable bonds is 2. The topological polar surface area (TPSA) is 68.0 Å². The molecule has 1 amide bonds. The van der Waals surface area contributed by atoms with E-state index in [1.165, 1.54) is 12.4 Å². The van der Waals surface area contributed by atoms with Crippen molar-refractivity contribution >= 4 is 44.8 Å². The number of hydrogen-bond acceptors (Lipinski definition) is 3. The van der Waals surface area contributed by atoms with Gasteiger partial charge in [0.05, 0.1) is 20.7 Å². The van der Waals surface area contributed by atoms with Gasteiger partial charge in [-0.3, -0.25) is 9.78 Å². The van der Waals surface area contributed by atoms with Gasteiger partial charge in [-0.2, -0.15) is 0 Å². The number of amides is 1. The Kier molecular flexibility index (Phi) is 3.84. The van der Waals surface area contributed by atoms with Crippen molar-refractivity contribution in [2.45, 2.75) is 0 Å². The molecule has 0 aliphatic carbocycles. The lowest BCUT2D eigenvalue weighted by molar-refractivity contribution is 0.102. The molecule has 0 unspecified atom stereocenters. The first-order valence-electron chi connectivity index (χ1n) is 5.04. The molecule has 0 spiro atoms. The molecule has 1 heterocycles. The van der Waals surface area contributed by atoms with Crippen LogP contribution in [0.4, 0.5) is 11.4 Å². The van der Waals surface area contributed by atoms with Gasteiger partial charge in [-0.05, 0) is 34.1 Å². The van der Waals surface area contributed by atoms with Crippen molar-refractivity contribution in [2.75, 3.05) is 11.1 Å². The van der Waals surface area contributed by atoms with Crippen LogP contribution in [0.2, 0.25) is 5.02 Å². The van der Waals surface area contributed by atoms with Gasteiger partial charge >= 0.3 is 0 Å². The van der Waals surface area contributed by atoms with Crippen molar-refractivity contribution in [2.24, 2.45) is 0 Å². The average Bonchev–Trinajstić information content (AvgIpc) is 2.35. The molecular weight excluding hydrogens is 318 g/mol. The Bertz CT molecular complexity index is 604. The van der Waals surface area contributed by atoms with E-state index >= 15 is 0 Å². The quantitative estimate of drug-likeness (QED) is 0.889. The summed E-state index contributed by atoms with van der Waals surface area (Å²) in [7, 11) is 0. The van der Waals surface area contributed by atoms with Crippen molar-refractivity contribution in [3.05, 3.63) is 51.7 Å². The molecule has 6 heteroatoms. The monoisotopic (exact) mass is 325 g/mol. The van der Waals surface area contributed by atoms with Crippen LogP contribution in [0.3, 0.4) is 0 Å². The number of nitrogens with zero attached hydrogens (tertiary/aromatic N) is 1. The minimum absolute atomic E-state index is 0.323. The first-order chi connectivity index (χ1) is 8.59. The fourth-order valence-electron chi connectivity index (χ4n) is 1.38. The maximum absolute atomic E-state index is 12.0. The minimum atomic E-state index is -0.330. The highest BCUT2D eigenvalue weighted by Gasteiger charge is 2.12. The molecule has 0 saturated carbocycles. The van der Waals surface area contributed by atoms with Crippen molar-refractivity contribution in [3.63, 3.8) is 0 Å². The van der Waals surface area contributed by atoms with Gasteiger partial charge in [-0.15, -0.1) is 0 Å². The van der Waals surface area contributed by atoms with E-state index in [2.05, 4.69) is 26.2 Å². The molecule has 92 valence electrons. The molecule has 1 aromatic heterocycles. The number of hydrogen-bond donors (Lipinski definition) is 2. The number of carbonyl (C=O) groups is 1. The number of benzene rings is 1. The number of pyridine rings is 1. The molecule has 1 aromatic carbocycles. The van der Waals surface area contributed by atoms with Crippen LogP contribution < -0.4 is 11.1 Å². The summed E-state index contributed by atoms with van der Waals surface area (Å²) in [6.07, 6.45) is 2.95. The summed E-state index contributed by atoms with van der Waals surface area (Å²) in [6.45, 7) is 0. The fourth-order valence-corrected chi connectivity index (χ4v) is 1.92. The third kappa shape index (κ3) is 2.63. The Labute approximate surface area is 117 Å². The van der Waals surface area contributed by atoms with Crippen LogP contribution in [0.25, 0.3) is 0 Å². The summed E-state index contributed by atoms with van der Waals surface area (Å²) in [5, 5.41) is 3.24. The van der Waals surface area contributed by atoms with Crippen molar-refractivity contribution < 1.29 is 4.79 Å². The van der Waals surface area contributed by atoms with Crippen LogP contribution in [0.1, 0.15) is 10.4 Å². The molecule has 0 radical (unpaired) electrons. The molecule has 0 fully saturated rings. The van der Waals surface area contributed by atoms with E-state index in [4.69, 9.17) is 17.3 Å². The van der Waals surface area contributed by atoms with E-state index in [0.29, 0.717) is 26.4 Å². The molecule has 2 rings (SSSR count). The van der Waals surface area contributed by atoms with Gasteiger partial charge in [0.2, 0.25) is 0 Å². The third-order valence-electron chi connectivity index (χ3n) is 2.30. The highest BCUT2D eigenvalue weighted by atomic mass is 79.9. The highest BCUT2D eigenvalue weighted by Crippen LogP contribution is 2.30. The van der Waals surface area contributed by atoms with Gasteiger partial charge in [-0.25, -0.2) is 0 Å². The van der Waals surface area contributed by atoms with Crippen LogP contribution in [0.5, 0.6) is 0 Å². The normalized spacial score (nSPS) is 10.1. The zero-order chi connectivity index (χ0) is 13.1. The van der Waals surface area contributed by atoms with Gasteiger partial charge in [0, 0.05) is 18.1 Å². The molecular formula is C12H9BrClN3O. The molecule has 0 atom stereocenters. The van der Waals surface area contributed by atoms with Gasteiger partial charge < -0.3 is 11.1 Å². The summed E-state index contributed by atoms with van der Waals surface area (Å²) < 4.78 is 0.627. The van der Waals surface area contributed by atoms with Crippen LogP contribution in [-0.4, -0.2) is 10.9 Å². The Balaban J connectivity index is 2.27. The number of carbonyl (C=O) groups excluding carboxylic acids is 1. The molecule has 0 aliphatic heterocycles. The average molecular weight is 327 g/mol. The van der Waals surface area contributed by atoms with Crippen LogP contribution in [0, 0.1) is 0 Å². The van der Waals surface area contributed by atoms with Crippen molar-refractivity contribution in [3.8, 4) is 0 Å². The second-order valence-corrected chi connectivity index (χ2v) is 4.72. The number of anilines is 2. The van der Waals surface area contributed by atoms with Gasteiger partial charge in [0.25, 0.3) is 5.91 Å². The van der Waals surface area contributed by atoms with Crippen LogP contribution in [-0.2, 0) is 0 Å². The maximum Gasteiger partial charge on any atom is 0.259 e. The number of aromatic nitrogens is 1. The Morgan fingerprint density at radius 2 is 2.17 bits per heavy atom. The SMILES string of the molecule is Nc1ccncc1C(=O)Nc1cccc(Cl)c1Br. The lowest BCUT2D eigenvalue weighted by Crippen LogP contribution is -2.14. The zero-order valence-electron chi connectivity index (χ0n) is 9.15. The van der Waals surface area contributed by atoms with Gasteiger partial charge in [-0.1, -0.05) is 17.7 Å². The van der Waals surface area contributed by atoms with E-state index in [0.717, 1.165) is 0 Å². The smallest absolute Gasteiger partial charge is 0.259 e. The van der Waals surface area contributed by atoms with Crippen LogP contribution >= 0.6 is 27.5 Å². The van der Waals surface area contributed by atoms with E-state index < -0.39 is 0 Å². The number of halogens is 2. The van der Waals surface area contributed by atoms with Crippen molar-refractivity contribution in [1.29, 1.82) is 0 Å². The largest absolute Gasteiger partial charge is 0.398 e. The highest BCUT2D eigenvalue weighted by molar-refractivity contribution is 9.10. The first kappa shape index (κ1) is 12.9. The number of nitrogen functional groups attached to an aromatic ring is 1. The number of nitrogens with one attached hydrogen (secondary N) is 1. The predicted molar refractivity (Wildman–Crippen MR) is 75.8 cm³/mol. The molecule has 18 heavy (non-hydrogen) atoms. The molecule has 3 N–H and O–H groups in total. The van der Waals surface area contributed by atoms with Crippen molar-refractivity contribution in [1.82, 2.24) is 4.98 Å². The third-order valence-corrected chi connectivity index (χ3v) is 3.70. The standard InChI is InChI=1S/C12H9BrClN3O/c13-11-8(14)2-1-3-10(11)17-12(18)7-6-16-5-4-9(7)15/h1-6H,(H2,15,16)(H,17,18). The fraction of sp³-hybridized carbons (Fsp3) is 0. The zero-order valence-corrected chi connectivity index (χ0v) is 11.5.